The number of aryl methyl sites for hydroxylation is 1. The number of hydrogen-bond donors (Lipinski definition) is 2. The zero-order valence-electron chi connectivity index (χ0n) is 14.2. The molecule has 3 heterocycles. The first kappa shape index (κ1) is 16.1. The van der Waals surface area contributed by atoms with Gasteiger partial charge in [0.1, 0.15) is 11.4 Å². The summed E-state index contributed by atoms with van der Waals surface area (Å²) in [4.78, 5) is 12.6. The lowest BCUT2D eigenvalue weighted by Gasteiger charge is -2.25. The second kappa shape index (κ2) is 5.82. The molecule has 0 amide bonds. The molecule has 0 aliphatic carbocycles. The van der Waals surface area contributed by atoms with Crippen LogP contribution in [0.1, 0.15) is 27.8 Å². The summed E-state index contributed by atoms with van der Waals surface area (Å²) in [7, 11) is 0. The molecular formula is C19H20N4OS. The molecule has 6 heteroatoms. The van der Waals surface area contributed by atoms with Crippen LogP contribution in [0.5, 0.6) is 0 Å². The van der Waals surface area contributed by atoms with E-state index in [0.29, 0.717) is 0 Å². The molecule has 1 atom stereocenters. The van der Waals surface area contributed by atoms with Crippen molar-refractivity contribution in [1.82, 2.24) is 9.97 Å². The summed E-state index contributed by atoms with van der Waals surface area (Å²) in [6.45, 7) is 4.74. The number of nitrogen functional groups attached to an aromatic ring is 1. The monoisotopic (exact) mass is 352 g/mol. The Balaban J connectivity index is 1.76. The number of anilines is 3. The molecule has 4 rings (SSSR count). The molecule has 0 spiro atoms. The lowest BCUT2D eigenvalue weighted by Crippen LogP contribution is -2.22. The minimum absolute atomic E-state index is 0.267. The highest BCUT2D eigenvalue weighted by Crippen LogP contribution is 2.40. The van der Waals surface area contributed by atoms with E-state index in [2.05, 4.69) is 27.0 Å². The lowest BCUT2D eigenvalue weighted by molar-refractivity contribution is 0.106. The van der Waals surface area contributed by atoms with Crippen LogP contribution in [0, 0.1) is 6.92 Å². The molecule has 1 aliphatic rings. The van der Waals surface area contributed by atoms with Crippen LogP contribution in [0.2, 0.25) is 0 Å². The van der Waals surface area contributed by atoms with Crippen LogP contribution in [0.4, 0.5) is 17.5 Å². The first-order chi connectivity index (χ1) is 11.9. The highest BCUT2D eigenvalue weighted by Gasteiger charge is 2.30. The topological polar surface area (TPSA) is 75.3 Å². The third-order valence-electron chi connectivity index (χ3n) is 4.70. The van der Waals surface area contributed by atoms with E-state index in [0.717, 1.165) is 34.9 Å². The van der Waals surface area contributed by atoms with Gasteiger partial charge in [0.25, 0.3) is 0 Å². The minimum atomic E-state index is -1.02. The normalized spacial score (nSPS) is 15.9. The van der Waals surface area contributed by atoms with Gasteiger partial charge in [-0.3, -0.25) is 0 Å². The fourth-order valence-electron chi connectivity index (χ4n) is 3.27. The quantitative estimate of drug-likeness (QED) is 0.756. The van der Waals surface area contributed by atoms with Crippen molar-refractivity contribution in [3.63, 3.8) is 0 Å². The summed E-state index contributed by atoms with van der Waals surface area (Å²) in [5.41, 5.74) is 7.91. The van der Waals surface area contributed by atoms with Gasteiger partial charge in [0, 0.05) is 28.2 Å². The second-order valence-electron chi connectivity index (χ2n) is 6.50. The molecule has 3 aromatic rings. The lowest BCUT2D eigenvalue weighted by atomic mass is 9.92. The van der Waals surface area contributed by atoms with Crippen LogP contribution in [-0.4, -0.2) is 21.6 Å². The number of benzene rings is 1. The van der Waals surface area contributed by atoms with Gasteiger partial charge in [-0.2, -0.15) is 4.98 Å². The Kier molecular flexibility index (Phi) is 3.74. The van der Waals surface area contributed by atoms with Crippen LogP contribution in [0.3, 0.4) is 0 Å². The van der Waals surface area contributed by atoms with Gasteiger partial charge in [-0.05, 0) is 55.7 Å². The summed E-state index contributed by atoms with van der Waals surface area (Å²) in [5.74, 6) is 1.05. The third-order valence-corrected chi connectivity index (χ3v) is 5.91. The summed E-state index contributed by atoms with van der Waals surface area (Å²) in [6, 6.07) is 12.1. The number of rotatable bonds is 3. The van der Waals surface area contributed by atoms with Crippen LogP contribution in [0.15, 0.2) is 42.6 Å². The smallest absolute Gasteiger partial charge is 0.221 e. The van der Waals surface area contributed by atoms with Crippen molar-refractivity contribution in [2.75, 3.05) is 17.2 Å². The predicted octanol–water partition coefficient (Wildman–Crippen LogP) is 3.38. The van der Waals surface area contributed by atoms with E-state index < -0.39 is 5.60 Å². The number of hydrogen-bond acceptors (Lipinski definition) is 6. The maximum absolute atomic E-state index is 11.1. The first-order valence-electron chi connectivity index (χ1n) is 8.24. The Morgan fingerprint density at radius 3 is 2.80 bits per heavy atom. The van der Waals surface area contributed by atoms with Crippen molar-refractivity contribution in [1.29, 1.82) is 0 Å². The molecule has 1 aromatic carbocycles. The van der Waals surface area contributed by atoms with Crippen molar-refractivity contribution in [2.45, 2.75) is 25.9 Å². The number of thiophene rings is 1. The maximum Gasteiger partial charge on any atom is 0.221 e. The second-order valence-corrected chi connectivity index (χ2v) is 7.79. The van der Waals surface area contributed by atoms with Gasteiger partial charge in [-0.1, -0.05) is 12.1 Å². The fraction of sp³-hybridized carbons (Fsp3) is 0.263. The SMILES string of the molecule is Cc1ccc(C(C)(O)c2ccc3c(c2)N(c2ccnc(N)n2)CC3)s1. The molecular weight excluding hydrogens is 332 g/mol. The molecule has 5 nitrogen and oxygen atoms in total. The number of nitrogens with two attached hydrogens (primary N) is 1. The Morgan fingerprint density at radius 1 is 1.24 bits per heavy atom. The van der Waals surface area contributed by atoms with Crippen molar-refractivity contribution in [2.24, 2.45) is 0 Å². The molecule has 1 aliphatic heterocycles. The summed E-state index contributed by atoms with van der Waals surface area (Å²) in [5, 5.41) is 11.1. The minimum Gasteiger partial charge on any atom is -0.380 e. The van der Waals surface area contributed by atoms with Gasteiger partial charge >= 0.3 is 0 Å². The summed E-state index contributed by atoms with van der Waals surface area (Å²) < 4.78 is 0. The summed E-state index contributed by atoms with van der Waals surface area (Å²) >= 11 is 1.62. The van der Waals surface area contributed by atoms with Crippen LogP contribution < -0.4 is 10.6 Å². The number of fused-ring (bicyclic) bond motifs is 1. The first-order valence-corrected chi connectivity index (χ1v) is 9.05. The van der Waals surface area contributed by atoms with Crippen LogP contribution in [-0.2, 0) is 12.0 Å². The maximum atomic E-state index is 11.1. The highest BCUT2D eigenvalue weighted by molar-refractivity contribution is 7.12. The van der Waals surface area contributed by atoms with Crippen molar-refractivity contribution < 1.29 is 5.11 Å². The molecule has 1 unspecified atom stereocenters. The van der Waals surface area contributed by atoms with Crippen LogP contribution >= 0.6 is 11.3 Å². The number of nitrogens with zero attached hydrogens (tertiary/aromatic N) is 3. The molecule has 25 heavy (non-hydrogen) atoms. The van der Waals surface area contributed by atoms with Crippen molar-refractivity contribution in [3.8, 4) is 0 Å². The predicted molar refractivity (Wildman–Crippen MR) is 101 cm³/mol. The fourth-order valence-corrected chi connectivity index (χ4v) is 4.21. The Labute approximate surface area is 150 Å². The largest absolute Gasteiger partial charge is 0.380 e. The van der Waals surface area contributed by atoms with Gasteiger partial charge in [0.2, 0.25) is 5.95 Å². The molecule has 3 N–H and O–H groups in total. The van der Waals surface area contributed by atoms with Gasteiger partial charge in [-0.15, -0.1) is 11.3 Å². The van der Waals surface area contributed by atoms with Crippen molar-refractivity contribution in [3.05, 3.63) is 63.5 Å². The summed E-state index contributed by atoms with van der Waals surface area (Å²) in [6.07, 6.45) is 2.61. The number of aromatic nitrogens is 2. The third kappa shape index (κ3) is 2.77. The average molecular weight is 352 g/mol. The van der Waals surface area contributed by atoms with Crippen LogP contribution in [0.25, 0.3) is 0 Å². The molecule has 0 bridgehead atoms. The van der Waals surface area contributed by atoms with E-state index in [-0.39, 0.29) is 5.95 Å². The molecule has 128 valence electrons. The van der Waals surface area contributed by atoms with E-state index in [9.17, 15) is 5.11 Å². The number of aliphatic hydroxyl groups is 1. The Bertz CT molecular complexity index is 935. The van der Waals surface area contributed by atoms with Crippen molar-refractivity contribution >= 4 is 28.8 Å². The zero-order chi connectivity index (χ0) is 17.6. The molecule has 0 saturated heterocycles. The highest BCUT2D eigenvalue weighted by atomic mass is 32.1. The zero-order valence-corrected chi connectivity index (χ0v) is 15.0. The van der Waals surface area contributed by atoms with E-state index in [1.54, 1.807) is 17.5 Å². The van der Waals surface area contributed by atoms with E-state index in [1.165, 1.54) is 10.4 Å². The molecule has 2 aromatic heterocycles. The molecule has 0 fully saturated rings. The van der Waals surface area contributed by atoms with E-state index in [4.69, 9.17) is 5.73 Å². The Hall–Kier alpha value is -2.44. The average Bonchev–Trinajstić information content (AvgIpc) is 3.20. The van der Waals surface area contributed by atoms with Gasteiger partial charge in [-0.25, -0.2) is 4.98 Å². The molecule has 0 saturated carbocycles. The Morgan fingerprint density at radius 2 is 2.08 bits per heavy atom. The van der Waals surface area contributed by atoms with Gasteiger partial charge in [0.05, 0.1) is 0 Å². The van der Waals surface area contributed by atoms with Gasteiger partial charge in [0.15, 0.2) is 0 Å². The van der Waals surface area contributed by atoms with E-state index in [1.807, 2.05) is 38.1 Å². The standard InChI is InChI=1S/C19H20N4OS/c1-12-3-6-16(25-12)19(2,24)14-5-4-13-8-10-23(15(13)11-14)17-7-9-21-18(20)22-17/h3-7,9,11,24H,8,10H2,1-2H3,(H2,20,21,22). The van der Waals surface area contributed by atoms with Gasteiger partial charge < -0.3 is 15.7 Å². The van der Waals surface area contributed by atoms with E-state index >= 15 is 0 Å². The molecule has 0 radical (unpaired) electrons.